The number of hydrogen-bond acceptors (Lipinski definition) is 3. The van der Waals surface area contributed by atoms with Crippen molar-refractivity contribution in [3.63, 3.8) is 0 Å². The first-order valence-electron chi connectivity index (χ1n) is 7.28. The second-order valence-electron chi connectivity index (χ2n) is 5.66. The molecule has 0 saturated carbocycles. The monoisotopic (exact) mass is 377 g/mol. The van der Waals surface area contributed by atoms with Crippen LogP contribution in [0.4, 0.5) is 0 Å². The lowest BCUT2D eigenvalue weighted by atomic mass is 10.1. The van der Waals surface area contributed by atoms with Crippen LogP contribution in [0, 0.1) is 5.92 Å². The number of hydrogen-bond donors (Lipinski definition) is 1. The smallest absolute Gasteiger partial charge is 0.0816 e. The summed E-state index contributed by atoms with van der Waals surface area (Å²) in [6, 6.07) is 5.59. The standard InChI is InChI=1S/C16H25BrClNO2/c1-12(2)11-19(8-9-21-3)7-6-16(20)14-5-4-13(17)10-15(14)18/h4-5,10,12,16,20H,6-9,11H2,1-3H3. The highest BCUT2D eigenvalue weighted by Crippen LogP contribution is 2.28. The first-order chi connectivity index (χ1) is 9.93. The lowest BCUT2D eigenvalue weighted by molar-refractivity contribution is 0.111. The lowest BCUT2D eigenvalue weighted by Gasteiger charge is -2.25. The molecule has 0 bridgehead atoms. The van der Waals surface area contributed by atoms with E-state index in [-0.39, 0.29) is 0 Å². The van der Waals surface area contributed by atoms with Gasteiger partial charge in [0.05, 0.1) is 12.7 Å². The van der Waals surface area contributed by atoms with Crippen molar-refractivity contribution >= 4 is 27.5 Å². The van der Waals surface area contributed by atoms with E-state index in [0.29, 0.717) is 24.0 Å². The lowest BCUT2D eigenvalue weighted by Crippen LogP contribution is -2.32. The van der Waals surface area contributed by atoms with Crippen LogP contribution in [0.25, 0.3) is 0 Å². The molecule has 0 fully saturated rings. The van der Waals surface area contributed by atoms with Crippen LogP contribution in [0.5, 0.6) is 0 Å². The van der Waals surface area contributed by atoms with Gasteiger partial charge in [0, 0.05) is 36.2 Å². The Morgan fingerprint density at radius 2 is 2.05 bits per heavy atom. The molecule has 0 aliphatic heterocycles. The fourth-order valence-electron chi connectivity index (χ4n) is 2.26. The SMILES string of the molecule is COCCN(CCC(O)c1ccc(Br)cc1Cl)CC(C)C. The van der Waals surface area contributed by atoms with Gasteiger partial charge in [-0.15, -0.1) is 0 Å². The predicted molar refractivity (Wildman–Crippen MR) is 91.9 cm³/mol. The molecule has 1 N–H and O–H groups in total. The third-order valence-corrected chi connectivity index (χ3v) is 4.10. The molecule has 3 nitrogen and oxygen atoms in total. The van der Waals surface area contributed by atoms with Gasteiger partial charge < -0.3 is 14.7 Å². The maximum Gasteiger partial charge on any atom is 0.0816 e. The van der Waals surface area contributed by atoms with Crippen molar-refractivity contribution in [1.82, 2.24) is 4.90 Å². The third kappa shape index (κ3) is 7.11. The summed E-state index contributed by atoms with van der Waals surface area (Å²) in [5, 5.41) is 10.9. The molecule has 0 heterocycles. The van der Waals surface area contributed by atoms with Crippen LogP contribution in [0.1, 0.15) is 31.9 Å². The summed E-state index contributed by atoms with van der Waals surface area (Å²) in [5.74, 6) is 0.593. The fourth-order valence-corrected chi connectivity index (χ4v) is 3.06. The highest BCUT2D eigenvalue weighted by atomic mass is 79.9. The molecule has 1 aromatic rings. The van der Waals surface area contributed by atoms with Crippen molar-refractivity contribution < 1.29 is 9.84 Å². The maximum atomic E-state index is 10.3. The Kier molecular flexibility index (Phi) is 8.83. The Morgan fingerprint density at radius 1 is 1.33 bits per heavy atom. The van der Waals surface area contributed by atoms with Crippen LogP contribution >= 0.6 is 27.5 Å². The van der Waals surface area contributed by atoms with Gasteiger partial charge >= 0.3 is 0 Å². The molecule has 0 aliphatic carbocycles. The largest absolute Gasteiger partial charge is 0.388 e. The Labute approximate surface area is 141 Å². The van der Waals surface area contributed by atoms with Gasteiger partial charge in [-0.05, 0) is 30.0 Å². The van der Waals surface area contributed by atoms with Gasteiger partial charge in [-0.25, -0.2) is 0 Å². The van der Waals surface area contributed by atoms with E-state index < -0.39 is 6.10 Å². The number of ether oxygens (including phenoxy) is 1. The number of halogens is 2. The van der Waals surface area contributed by atoms with E-state index >= 15 is 0 Å². The molecular formula is C16H25BrClNO2. The topological polar surface area (TPSA) is 32.7 Å². The third-order valence-electron chi connectivity index (χ3n) is 3.28. The highest BCUT2D eigenvalue weighted by Gasteiger charge is 2.14. The van der Waals surface area contributed by atoms with Crippen LogP contribution in [0.2, 0.25) is 5.02 Å². The molecule has 0 radical (unpaired) electrons. The van der Waals surface area contributed by atoms with Crippen LogP contribution in [-0.2, 0) is 4.74 Å². The van der Waals surface area contributed by atoms with Gasteiger partial charge in [0.2, 0.25) is 0 Å². The van der Waals surface area contributed by atoms with Crippen LogP contribution in [0.3, 0.4) is 0 Å². The van der Waals surface area contributed by atoms with Gasteiger partial charge in [-0.2, -0.15) is 0 Å². The first-order valence-corrected chi connectivity index (χ1v) is 8.45. The Bertz CT molecular complexity index is 429. The number of aliphatic hydroxyl groups excluding tert-OH is 1. The zero-order valence-electron chi connectivity index (χ0n) is 13.0. The summed E-state index contributed by atoms with van der Waals surface area (Å²) in [7, 11) is 1.71. The normalized spacial score (nSPS) is 13.1. The van der Waals surface area contributed by atoms with Crippen LogP contribution in [0.15, 0.2) is 22.7 Å². The van der Waals surface area contributed by atoms with E-state index in [1.165, 1.54) is 0 Å². The number of methoxy groups -OCH3 is 1. The van der Waals surface area contributed by atoms with E-state index in [2.05, 4.69) is 34.7 Å². The zero-order valence-corrected chi connectivity index (χ0v) is 15.3. The molecule has 1 rings (SSSR count). The molecule has 0 amide bonds. The minimum atomic E-state index is -0.539. The van der Waals surface area contributed by atoms with E-state index in [4.69, 9.17) is 16.3 Å². The molecule has 120 valence electrons. The number of benzene rings is 1. The summed E-state index contributed by atoms with van der Waals surface area (Å²) >= 11 is 9.56. The Morgan fingerprint density at radius 3 is 2.62 bits per heavy atom. The van der Waals surface area contributed by atoms with Gasteiger partial charge in [-0.1, -0.05) is 47.4 Å². The second kappa shape index (κ2) is 9.80. The zero-order chi connectivity index (χ0) is 15.8. The van der Waals surface area contributed by atoms with Crippen molar-refractivity contribution in [2.75, 3.05) is 33.4 Å². The summed E-state index contributed by atoms with van der Waals surface area (Å²) < 4.78 is 6.07. The molecule has 0 aliphatic rings. The van der Waals surface area contributed by atoms with Crippen molar-refractivity contribution in [3.8, 4) is 0 Å². The number of aliphatic hydroxyl groups is 1. The molecule has 0 saturated heterocycles. The molecule has 21 heavy (non-hydrogen) atoms. The predicted octanol–water partition coefficient (Wildman–Crippen LogP) is 4.13. The Balaban J connectivity index is 2.57. The molecule has 0 spiro atoms. The van der Waals surface area contributed by atoms with Gasteiger partial charge in [0.25, 0.3) is 0 Å². The summed E-state index contributed by atoms with van der Waals surface area (Å²) in [6.07, 6.45) is 0.125. The number of rotatable bonds is 9. The van der Waals surface area contributed by atoms with Gasteiger partial charge in [-0.3, -0.25) is 0 Å². The van der Waals surface area contributed by atoms with E-state index in [1.807, 2.05) is 18.2 Å². The Hall–Kier alpha value is -0.130. The quantitative estimate of drug-likeness (QED) is 0.701. The molecular weight excluding hydrogens is 354 g/mol. The van der Waals surface area contributed by atoms with E-state index in [1.54, 1.807) is 7.11 Å². The molecule has 1 aromatic carbocycles. The van der Waals surface area contributed by atoms with Crippen molar-refractivity contribution in [2.45, 2.75) is 26.4 Å². The van der Waals surface area contributed by atoms with Gasteiger partial charge in [0.1, 0.15) is 0 Å². The minimum Gasteiger partial charge on any atom is -0.388 e. The minimum absolute atomic E-state index is 0.539. The van der Waals surface area contributed by atoms with Crippen molar-refractivity contribution in [3.05, 3.63) is 33.3 Å². The number of nitrogens with zero attached hydrogens (tertiary/aromatic N) is 1. The molecule has 5 heteroatoms. The highest BCUT2D eigenvalue weighted by molar-refractivity contribution is 9.10. The van der Waals surface area contributed by atoms with Crippen molar-refractivity contribution in [1.29, 1.82) is 0 Å². The maximum absolute atomic E-state index is 10.3. The summed E-state index contributed by atoms with van der Waals surface area (Å²) in [5.41, 5.74) is 0.788. The van der Waals surface area contributed by atoms with Gasteiger partial charge in [0.15, 0.2) is 0 Å². The molecule has 1 unspecified atom stereocenters. The van der Waals surface area contributed by atoms with Crippen LogP contribution in [-0.4, -0.2) is 43.4 Å². The summed E-state index contributed by atoms with van der Waals surface area (Å²) in [6.45, 7) is 7.82. The fraction of sp³-hybridized carbons (Fsp3) is 0.625. The average Bonchev–Trinajstić information content (AvgIpc) is 2.41. The summed E-state index contributed by atoms with van der Waals surface area (Å²) in [4.78, 5) is 2.32. The van der Waals surface area contributed by atoms with Crippen LogP contribution < -0.4 is 0 Å². The first kappa shape index (κ1) is 18.9. The molecule has 1 atom stereocenters. The molecule has 0 aromatic heterocycles. The van der Waals surface area contributed by atoms with E-state index in [9.17, 15) is 5.11 Å². The average molecular weight is 379 g/mol. The van der Waals surface area contributed by atoms with E-state index in [0.717, 1.165) is 29.7 Å². The van der Waals surface area contributed by atoms with Crippen molar-refractivity contribution in [2.24, 2.45) is 5.92 Å². The second-order valence-corrected chi connectivity index (χ2v) is 6.98.